The summed E-state index contributed by atoms with van der Waals surface area (Å²) in [5, 5.41) is 19.8. The van der Waals surface area contributed by atoms with Crippen molar-refractivity contribution >= 4 is 34.9 Å². The minimum Gasteiger partial charge on any atom is -0.385 e. The van der Waals surface area contributed by atoms with Crippen molar-refractivity contribution < 1.29 is 5.11 Å². The lowest BCUT2D eigenvalue weighted by Crippen LogP contribution is -2.25. The Morgan fingerprint density at radius 2 is 1.95 bits per heavy atom. The van der Waals surface area contributed by atoms with Gasteiger partial charge >= 0.3 is 0 Å². The van der Waals surface area contributed by atoms with Gasteiger partial charge in [0, 0.05) is 16.5 Å². The maximum atomic E-state index is 11.2. The molecular weight excluding hydrogens is 309 g/mol. The highest BCUT2D eigenvalue weighted by atomic mass is 35.5. The number of halogens is 2. The molecule has 2 unspecified atom stereocenters. The first-order valence-electron chi connectivity index (χ1n) is 7.16. The molecule has 0 aliphatic heterocycles. The summed E-state index contributed by atoms with van der Waals surface area (Å²) in [5.74, 6) is 1.08. The first-order chi connectivity index (χ1) is 9.55. The lowest BCUT2D eigenvalue weighted by Gasteiger charge is -2.26. The fourth-order valence-corrected chi connectivity index (χ4v) is 4.55. The summed E-state index contributed by atoms with van der Waals surface area (Å²) in [7, 11) is 0. The summed E-state index contributed by atoms with van der Waals surface area (Å²) in [5.41, 5.74) is 7.04. The van der Waals surface area contributed by atoms with Crippen molar-refractivity contribution in [2.75, 3.05) is 0 Å². The molecule has 6 heteroatoms. The summed E-state index contributed by atoms with van der Waals surface area (Å²) in [4.78, 5) is 0. The smallest absolute Gasteiger partial charge is 0.0909 e. The van der Waals surface area contributed by atoms with Crippen molar-refractivity contribution in [1.29, 1.82) is 0 Å². The summed E-state index contributed by atoms with van der Waals surface area (Å²) >= 11 is 6.19. The van der Waals surface area contributed by atoms with E-state index in [9.17, 15) is 5.11 Å². The fourth-order valence-electron chi connectivity index (χ4n) is 4.33. The molecule has 4 rings (SSSR count). The van der Waals surface area contributed by atoms with Gasteiger partial charge < -0.3 is 10.8 Å². The zero-order chi connectivity index (χ0) is 13.9. The van der Waals surface area contributed by atoms with Crippen LogP contribution >= 0.6 is 24.0 Å². The lowest BCUT2D eigenvalue weighted by atomic mass is 9.87. The summed E-state index contributed by atoms with van der Waals surface area (Å²) in [6.45, 7) is 0. The van der Waals surface area contributed by atoms with Gasteiger partial charge in [0.05, 0.1) is 17.3 Å². The van der Waals surface area contributed by atoms with Crippen LogP contribution in [0.4, 0.5) is 0 Å². The number of nitrogens with zero attached hydrogens (tertiary/aromatic N) is 1. The maximum Gasteiger partial charge on any atom is 0.0909 e. The number of H-pyrrole nitrogens is 1. The van der Waals surface area contributed by atoms with Gasteiger partial charge in [-0.2, -0.15) is 5.10 Å². The molecule has 2 aliphatic rings. The molecule has 0 amide bonds. The number of hydrogen-bond donors (Lipinski definition) is 3. The maximum absolute atomic E-state index is 11.2. The number of hydrogen-bond acceptors (Lipinski definition) is 3. The van der Waals surface area contributed by atoms with Crippen LogP contribution in [0, 0.1) is 11.8 Å². The average Bonchev–Trinajstić information content (AvgIpc) is 3.01. The van der Waals surface area contributed by atoms with Crippen molar-refractivity contribution in [1.82, 2.24) is 10.2 Å². The summed E-state index contributed by atoms with van der Waals surface area (Å²) < 4.78 is 0. The number of rotatable bonds is 1. The molecular formula is C15H19Cl2N3O. The first-order valence-corrected chi connectivity index (χ1v) is 7.54. The Kier molecular flexibility index (Phi) is 3.69. The normalized spacial score (nSPS) is 34.9. The molecule has 1 aromatic carbocycles. The van der Waals surface area contributed by atoms with Crippen LogP contribution < -0.4 is 5.73 Å². The van der Waals surface area contributed by atoms with Gasteiger partial charge in [0.25, 0.3) is 0 Å². The van der Waals surface area contributed by atoms with E-state index in [0.717, 1.165) is 42.1 Å². The highest BCUT2D eigenvalue weighted by molar-refractivity contribution is 6.31. The van der Waals surface area contributed by atoms with Crippen molar-refractivity contribution in [2.24, 2.45) is 17.6 Å². The van der Waals surface area contributed by atoms with Gasteiger partial charge in [-0.3, -0.25) is 5.10 Å². The number of nitrogens with two attached hydrogens (primary N) is 1. The number of aliphatic hydroxyl groups is 1. The molecule has 2 aromatic rings. The topological polar surface area (TPSA) is 74.9 Å². The van der Waals surface area contributed by atoms with Gasteiger partial charge in [-0.1, -0.05) is 11.6 Å². The zero-order valence-corrected chi connectivity index (χ0v) is 13.1. The third-order valence-electron chi connectivity index (χ3n) is 5.10. The number of nitrogens with one attached hydrogen (secondary N) is 1. The Labute approximate surface area is 134 Å². The van der Waals surface area contributed by atoms with Crippen molar-refractivity contribution in [3.05, 3.63) is 28.9 Å². The average molecular weight is 328 g/mol. The minimum absolute atomic E-state index is 0. The molecule has 0 bridgehead atoms. The van der Waals surface area contributed by atoms with E-state index in [-0.39, 0.29) is 12.4 Å². The molecule has 2 aliphatic carbocycles. The Morgan fingerprint density at radius 1 is 1.29 bits per heavy atom. The van der Waals surface area contributed by atoms with E-state index in [1.54, 1.807) is 6.20 Å². The number of aromatic amines is 1. The van der Waals surface area contributed by atoms with E-state index in [1.165, 1.54) is 0 Å². The SMILES string of the molecule is Cl.NC1CC2CC(O)(c3cc(Cl)cc4[nH]ncc34)CC2C1. The van der Waals surface area contributed by atoms with Gasteiger partial charge in [0.15, 0.2) is 0 Å². The van der Waals surface area contributed by atoms with Crippen LogP contribution in [0.2, 0.25) is 5.02 Å². The molecule has 1 aromatic heterocycles. The predicted molar refractivity (Wildman–Crippen MR) is 85.7 cm³/mol. The van der Waals surface area contributed by atoms with Crippen LogP contribution in [0.25, 0.3) is 10.9 Å². The van der Waals surface area contributed by atoms with E-state index in [4.69, 9.17) is 17.3 Å². The second kappa shape index (κ2) is 5.13. The highest BCUT2D eigenvalue weighted by Crippen LogP contribution is 2.53. The van der Waals surface area contributed by atoms with Crippen molar-refractivity contribution in [3.63, 3.8) is 0 Å². The number of benzene rings is 1. The molecule has 1 heterocycles. The largest absolute Gasteiger partial charge is 0.385 e. The zero-order valence-electron chi connectivity index (χ0n) is 11.6. The first kappa shape index (κ1) is 15.1. The molecule has 2 atom stereocenters. The Morgan fingerprint density at radius 3 is 2.62 bits per heavy atom. The number of fused-ring (bicyclic) bond motifs is 2. The minimum atomic E-state index is -0.789. The van der Waals surface area contributed by atoms with Gasteiger partial charge in [-0.15, -0.1) is 12.4 Å². The molecule has 2 saturated carbocycles. The molecule has 4 N–H and O–H groups in total. The van der Waals surface area contributed by atoms with E-state index in [2.05, 4.69) is 10.2 Å². The quantitative estimate of drug-likeness (QED) is 0.753. The Balaban J connectivity index is 0.00000132. The predicted octanol–water partition coefficient (Wildman–Crippen LogP) is 2.97. The summed E-state index contributed by atoms with van der Waals surface area (Å²) in [6.07, 6.45) is 5.40. The fraction of sp³-hybridized carbons (Fsp3) is 0.533. The van der Waals surface area contributed by atoms with E-state index < -0.39 is 5.60 Å². The summed E-state index contributed by atoms with van der Waals surface area (Å²) in [6, 6.07) is 4.05. The van der Waals surface area contributed by atoms with E-state index in [1.807, 2.05) is 12.1 Å². The van der Waals surface area contributed by atoms with E-state index in [0.29, 0.717) is 22.9 Å². The van der Waals surface area contributed by atoms with E-state index >= 15 is 0 Å². The van der Waals surface area contributed by atoms with Crippen LogP contribution in [0.3, 0.4) is 0 Å². The second-order valence-corrected chi connectivity index (χ2v) is 6.91. The number of aromatic nitrogens is 2. The van der Waals surface area contributed by atoms with Crippen LogP contribution in [0.15, 0.2) is 18.3 Å². The standard InChI is InChI=1S/C15H18ClN3O.ClH/c16-10-3-13(12-7-18-19-14(12)4-10)15(20)5-8-1-11(17)2-9(8)6-15;/h3-4,7-9,11,20H,1-2,5-6,17H2,(H,18,19);1H. The molecule has 4 nitrogen and oxygen atoms in total. The van der Waals surface area contributed by atoms with Gasteiger partial charge in [-0.25, -0.2) is 0 Å². The molecule has 0 spiro atoms. The Bertz CT molecular complexity index is 658. The van der Waals surface area contributed by atoms with Crippen LogP contribution in [0.1, 0.15) is 31.2 Å². The van der Waals surface area contributed by atoms with Gasteiger partial charge in [0.2, 0.25) is 0 Å². The van der Waals surface area contributed by atoms with Crippen LogP contribution in [-0.4, -0.2) is 21.3 Å². The lowest BCUT2D eigenvalue weighted by molar-refractivity contribution is 0.0361. The third kappa shape index (κ3) is 2.34. The van der Waals surface area contributed by atoms with Gasteiger partial charge in [0.1, 0.15) is 0 Å². The molecule has 0 saturated heterocycles. The Hall–Kier alpha value is -0.810. The second-order valence-electron chi connectivity index (χ2n) is 6.48. The third-order valence-corrected chi connectivity index (χ3v) is 5.32. The van der Waals surface area contributed by atoms with Crippen LogP contribution in [-0.2, 0) is 5.60 Å². The highest BCUT2D eigenvalue weighted by Gasteiger charge is 2.49. The van der Waals surface area contributed by atoms with Gasteiger partial charge in [-0.05, 0) is 55.2 Å². The molecule has 21 heavy (non-hydrogen) atoms. The molecule has 114 valence electrons. The molecule has 0 radical (unpaired) electrons. The van der Waals surface area contributed by atoms with Crippen molar-refractivity contribution in [3.8, 4) is 0 Å². The van der Waals surface area contributed by atoms with Crippen molar-refractivity contribution in [2.45, 2.75) is 37.3 Å². The monoisotopic (exact) mass is 327 g/mol. The molecule has 2 fully saturated rings. The van der Waals surface area contributed by atoms with Crippen LogP contribution in [0.5, 0.6) is 0 Å².